The summed E-state index contributed by atoms with van der Waals surface area (Å²) in [5.41, 5.74) is 0.630. The summed E-state index contributed by atoms with van der Waals surface area (Å²) in [6.07, 6.45) is 1.64. The number of amides is 3. The van der Waals surface area contributed by atoms with Crippen molar-refractivity contribution in [3.63, 3.8) is 0 Å². The summed E-state index contributed by atoms with van der Waals surface area (Å²) in [5, 5.41) is 16.7. The number of nitrogens with zero attached hydrogens (tertiary/aromatic N) is 3. The second kappa shape index (κ2) is 13.2. The molecule has 10 heteroatoms. The third-order valence-corrected chi connectivity index (χ3v) is 6.11. The maximum Gasteiger partial charge on any atom is 0.410 e. The van der Waals surface area contributed by atoms with Crippen molar-refractivity contribution in [3.8, 4) is 0 Å². The maximum atomic E-state index is 12.8. The van der Waals surface area contributed by atoms with Crippen LogP contribution in [0.3, 0.4) is 0 Å². The SMILES string of the molecule is CC(=O)N1CCC(Nc2cc(C(=O)NCC(O)CN(Cc3ccccc3)C(=O)OC(C)(C)C)ccn2)CC1. The fraction of sp³-hybridized carbons (Fsp3) is 0.500. The molecule has 1 aliphatic heterocycles. The average Bonchev–Trinajstić information content (AvgIpc) is 2.87. The fourth-order valence-electron chi connectivity index (χ4n) is 4.16. The number of rotatable bonds is 9. The van der Waals surface area contributed by atoms with Crippen LogP contribution in [0.15, 0.2) is 48.7 Å². The Kier molecular flexibility index (Phi) is 10.1. The van der Waals surface area contributed by atoms with Crippen molar-refractivity contribution in [3.05, 3.63) is 59.8 Å². The molecule has 1 aromatic carbocycles. The molecule has 1 saturated heterocycles. The Hall–Kier alpha value is -3.66. The standard InChI is InChI=1S/C28H39N5O5/c1-20(34)32-14-11-23(12-15-32)31-25-16-22(10-13-29-25)26(36)30-17-24(35)19-33(27(37)38-28(2,3)4)18-21-8-6-5-7-9-21/h5-10,13,16,23-24,35H,11-12,14-15,17-19H2,1-4H3,(H,29,31)(H,30,36). The van der Waals surface area contributed by atoms with Crippen LogP contribution < -0.4 is 10.6 Å². The lowest BCUT2D eigenvalue weighted by Crippen LogP contribution is -2.44. The van der Waals surface area contributed by atoms with Gasteiger partial charge in [0.2, 0.25) is 5.91 Å². The number of piperidine rings is 1. The van der Waals surface area contributed by atoms with E-state index in [1.807, 2.05) is 35.2 Å². The summed E-state index contributed by atoms with van der Waals surface area (Å²) in [6, 6.07) is 12.9. The molecule has 0 bridgehead atoms. The summed E-state index contributed by atoms with van der Waals surface area (Å²) < 4.78 is 5.52. The Bertz CT molecular complexity index is 1080. The zero-order valence-corrected chi connectivity index (χ0v) is 22.6. The van der Waals surface area contributed by atoms with Crippen molar-refractivity contribution in [2.45, 2.75) is 64.8 Å². The third kappa shape index (κ3) is 9.33. The number of aliphatic hydroxyl groups excluding tert-OH is 1. The monoisotopic (exact) mass is 525 g/mol. The molecule has 0 saturated carbocycles. The lowest BCUT2D eigenvalue weighted by atomic mass is 10.0. The molecule has 0 spiro atoms. The van der Waals surface area contributed by atoms with Crippen LogP contribution in [0.5, 0.6) is 0 Å². The first-order valence-corrected chi connectivity index (χ1v) is 13.0. The molecule has 2 heterocycles. The highest BCUT2D eigenvalue weighted by molar-refractivity contribution is 5.94. The number of aromatic nitrogens is 1. The number of carbonyl (C=O) groups excluding carboxylic acids is 3. The lowest BCUT2D eigenvalue weighted by Gasteiger charge is -2.32. The number of anilines is 1. The van der Waals surface area contributed by atoms with E-state index < -0.39 is 17.8 Å². The van der Waals surface area contributed by atoms with E-state index in [1.54, 1.807) is 46.0 Å². The van der Waals surface area contributed by atoms with Crippen molar-refractivity contribution in [1.82, 2.24) is 20.1 Å². The zero-order chi connectivity index (χ0) is 27.7. The molecule has 1 aromatic heterocycles. The van der Waals surface area contributed by atoms with Gasteiger partial charge < -0.3 is 30.3 Å². The predicted molar refractivity (Wildman–Crippen MR) is 145 cm³/mol. The Labute approximate surface area is 224 Å². The number of carbonyl (C=O) groups is 3. The first-order valence-electron chi connectivity index (χ1n) is 13.0. The number of hydrogen-bond acceptors (Lipinski definition) is 7. The van der Waals surface area contributed by atoms with Gasteiger partial charge in [-0.1, -0.05) is 30.3 Å². The molecule has 0 aliphatic carbocycles. The molecule has 206 valence electrons. The molecule has 10 nitrogen and oxygen atoms in total. The minimum atomic E-state index is -0.999. The van der Waals surface area contributed by atoms with Gasteiger partial charge in [0.1, 0.15) is 11.4 Å². The van der Waals surface area contributed by atoms with E-state index in [0.717, 1.165) is 18.4 Å². The highest BCUT2D eigenvalue weighted by Crippen LogP contribution is 2.17. The van der Waals surface area contributed by atoms with Gasteiger partial charge in [0, 0.05) is 50.9 Å². The smallest absolute Gasteiger partial charge is 0.410 e. The van der Waals surface area contributed by atoms with Crippen molar-refractivity contribution >= 4 is 23.7 Å². The van der Waals surface area contributed by atoms with Gasteiger partial charge in [-0.2, -0.15) is 0 Å². The van der Waals surface area contributed by atoms with E-state index in [0.29, 0.717) is 24.5 Å². The van der Waals surface area contributed by atoms with Gasteiger partial charge in [-0.3, -0.25) is 9.59 Å². The highest BCUT2D eigenvalue weighted by Gasteiger charge is 2.25. The summed E-state index contributed by atoms with van der Waals surface area (Å²) in [5.74, 6) is 0.308. The number of benzene rings is 1. The lowest BCUT2D eigenvalue weighted by molar-refractivity contribution is -0.129. The molecule has 1 atom stereocenters. The normalized spacial score (nSPS) is 14.9. The van der Waals surface area contributed by atoms with Crippen LogP contribution in [-0.2, 0) is 16.1 Å². The molecule has 1 fully saturated rings. The fourth-order valence-corrected chi connectivity index (χ4v) is 4.16. The van der Waals surface area contributed by atoms with Crippen molar-refractivity contribution in [2.75, 3.05) is 31.5 Å². The maximum absolute atomic E-state index is 12.8. The summed E-state index contributed by atoms with van der Waals surface area (Å²) in [7, 11) is 0. The molecule has 0 radical (unpaired) electrons. The van der Waals surface area contributed by atoms with Crippen LogP contribution in [0.4, 0.5) is 10.6 Å². The summed E-state index contributed by atoms with van der Waals surface area (Å²) >= 11 is 0. The molecule has 1 aliphatic rings. The zero-order valence-electron chi connectivity index (χ0n) is 22.6. The molecule has 2 aromatic rings. The largest absolute Gasteiger partial charge is 0.444 e. The second-order valence-corrected chi connectivity index (χ2v) is 10.6. The van der Waals surface area contributed by atoms with Gasteiger partial charge in [-0.15, -0.1) is 0 Å². The van der Waals surface area contributed by atoms with Crippen LogP contribution in [0.25, 0.3) is 0 Å². The molecule has 3 N–H and O–H groups in total. The van der Waals surface area contributed by atoms with E-state index >= 15 is 0 Å². The van der Waals surface area contributed by atoms with Crippen molar-refractivity contribution in [1.29, 1.82) is 0 Å². The molecule has 3 amide bonds. The van der Waals surface area contributed by atoms with E-state index in [-0.39, 0.29) is 37.5 Å². The number of aliphatic hydroxyl groups is 1. The third-order valence-electron chi connectivity index (χ3n) is 6.11. The van der Waals surface area contributed by atoms with Gasteiger partial charge in [-0.05, 0) is 51.3 Å². The van der Waals surface area contributed by atoms with E-state index in [4.69, 9.17) is 4.74 Å². The van der Waals surface area contributed by atoms with Crippen LogP contribution >= 0.6 is 0 Å². The van der Waals surface area contributed by atoms with Gasteiger partial charge in [-0.25, -0.2) is 9.78 Å². The minimum Gasteiger partial charge on any atom is -0.444 e. The van der Waals surface area contributed by atoms with Crippen LogP contribution in [0.2, 0.25) is 0 Å². The Balaban J connectivity index is 1.54. The quantitative estimate of drug-likeness (QED) is 0.460. The predicted octanol–water partition coefficient (Wildman–Crippen LogP) is 3.03. The average molecular weight is 526 g/mol. The molecular formula is C28H39N5O5. The molecule has 3 rings (SSSR count). The highest BCUT2D eigenvalue weighted by atomic mass is 16.6. The van der Waals surface area contributed by atoms with Crippen LogP contribution in [-0.4, -0.2) is 81.7 Å². The molecule has 1 unspecified atom stereocenters. The van der Waals surface area contributed by atoms with Crippen molar-refractivity contribution < 1.29 is 24.2 Å². The summed E-state index contributed by atoms with van der Waals surface area (Å²) in [6.45, 7) is 8.54. The Morgan fingerprint density at radius 3 is 2.47 bits per heavy atom. The topological polar surface area (TPSA) is 124 Å². The molecule has 38 heavy (non-hydrogen) atoms. The van der Waals surface area contributed by atoms with E-state index in [2.05, 4.69) is 15.6 Å². The van der Waals surface area contributed by atoms with E-state index in [1.165, 1.54) is 4.90 Å². The molecular weight excluding hydrogens is 486 g/mol. The number of nitrogens with one attached hydrogen (secondary N) is 2. The first-order chi connectivity index (χ1) is 18.0. The van der Waals surface area contributed by atoms with E-state index in [9.17, 15) is 19.5 Å². The van der Waals surface area contributed by atoms with Crippen molar-refractivity contribution in [2.24, 2.45) is 0 Å². The van der Waals surface area contributed by atoms with Gasteiger partial charge >= 0.3 is 6.09 Å². The first kappa shape index (κ1) is 28.9. The van der Waals surface area contributed by atoms with Gasteiger partial charge in [0.15, 0.2) is 0 Å². The number of likely N-dealkylation sites (tertiary alicyclic amines) is 1. The number of hydrogen-bond donors (Lipinski definition) is 3. The second-order valence-electron chi connectivity index (χ2n) is 10.6. The number of pyridine rings is 1. The van der Waals surface area contributed by atoms with Crippen LogP contribution in [0, 0.1) is 0 Å². The Morgan fingerprint density at radius 2 is 1.84 bits per heavy atom. The minimum absolute atomic E-state index is 0.00774. The number of ether oxygens (including phenoxy) is 1. The van der Waals surface area contributed by atoms with Gasteiger partial charge in [0.25, 0.3) is 5.91 Å². The van der Waals surface area contributed by atoms with Crippen LogP contribution in [0.1, 0.15) is 56.5 Å². The Morgan fingerprint density at radius 1 is 1.16 bits per heavy atom. The van der Waals surface area contributed by atoms with Gasteiger partial charge in [0.05, 0.1) is 12.6 Å². The summed E-state index contributed by atoms with van der Waals surface area (Å²) in [4.78, 5) is 44.7.